The highest BCUT2D eigenvalue weighted by atomic mass is 19.1. The van der Waals surface area contributed by atoms with Crippen molar-refractivity contribution in [3.63, 3.8) is 0 Å². The first-order chi connectivity index (χ1) is 22.4. The Hall–Kier alpha value is -5.34. The van der Waals surface area contributed by atoms with Gasteiger partial charge >= 0.3 is 5.97 Å². The standard InChI is InChI=1S/C29H35FN8O3.C4H7FO2/c1-5-16(4)37-28(40)19-8-18(9-21(31)10-19)23-13-35-27(36-15(2)3)29(41)38(23)14-24(39)33-11-17-6-20-12-34-26(32)25(20)22(30)7-17;1-4(2,5)3(6)7/h6-10,13,15-16H,5,11-12,14,31H2,1-4H3,(H2,32,34)(H,33,39)(H,35,36)(H,37,40);1-2H3,(H,6,7)/t16-;/m0./s1. The van der Waals surface area contributed by atoms with Crippen LogP contribution in [-0.2, 0) is 29.2 Å². The highest BCUT2D eigenvalue weighted by molar-refractivity contribution is 6.01. The maximum Gasteiger partial charge on any atom is 0.340 e. The number of nitrogens with zero attached hydrogens (tertiary/aromatic N) is 3. The van der Waals surface area contributed by atoms with Crippen LogP contribution >= 0.6 is 0 Å². The number of nitrogens with two attached hydrogens (primary N) is 2. The van der Waals surface area contributed by atoms with E-state index >= 15 is 0 Å². The van der Waals surface area contributed by atoms with Gasteiger partial charge in [-0.1, -0.05) is 13.0 Å². The third kappa shape index (κ3) is 9.59. The maximum atomic E-state index is 14.6. The number of fused-ring (bicyclic) bond motifs is 1. The average molecular weight is 669 g/mol. The summed E-state index contributed by atoms with van der Waals surface area (Å²) in [6.45, 7) is 9.53. The molecule has 0 spiro atoms. The lowest BCUT2D eigenvalue weighted by Gasteiger charge is -2.17. The van der Waals surface area contributed by atoms with Crippen LogP contribution in [0.15, 0.2) is 46.3 Å². The van der Waals surface area contributed by atoms with Gasteiger partial charge in [-0.3, -0.25) is 23.9 Å². The number of amidine groups is 1. The molecule has 2 aromatic carbocycles. The molecule has 0 bridgehead atoms. The van der Waals surface area contributed by atoms with E-state index in [4.69, 9.17) is 16.6 Å². The van der Waals surface area contributed by atoms with Crippen molar-refractivity contribution >= 4 is 35.1 Å². The van der Waals surface area contributed by atoms with Gasteiger partial charge in [0, 0.05) is 35.4 Å². The number of rotatable bonds is 11. The van der Waals surface area contributed by atoms with E-state index in [0.717, 1.165) is 20.3 Å². The number of aliphatic carboxylic acids is 1. The Balaban J connectivity index is 0.000000804. The first kappa shape index (κ1) is 37.1. The van der Waals surface area contributed by atoms with Crippen LogP contribution in [0, 0.1) is 5.82 Å². The summed E-state index contributed by atoms with van der Waals surface area (Å²) < 4.78 is 27.7. The molecule has 2 amide bonds. The van der Waals surface area contributed by atoms with Crippen molar-refractivity contribution in [1.82, 2.24) is 20.2 Å². The van der Waals surface area contributed by atoms with Gasteiger partial charge in [0.05, 0.1) is 24.0 Å². The molecule has 2 heterocycles. The van der Waals surface area contributed by atoms with Gasteiger partial charge in [0.2, 0.25) is 11.6 Å². The number of carbonyl (C=O) groups excluding carboxylic acids is 2. The summed E-state index contributed by atoms with van der Waals surface area (Å²) in [6.07, 6.45) is 2.22. The van der Waals surface area contributed by atoms with Gasteiger partial charge < -0.3 is 32.5 Å². The number of aliphatic imine (C=N–C) groups is 1. The molecule has 1 aromatic heterocycles. The van der Waals surface area contributed by atoms with E-state index in [1.54, 1.807) is 24.3 Å². The molecule has 0 radical (unpaired) electrons. The first-order valence-electron chi connectivity index (χ1n) is 15.3. The van der Waals surface area contributed by atoms with Crippen LogP contribution in [0.1, 0.15) is 75.0 Å². The molecule has 4 rings (SSSR count). The average Bonchev–Trinajstić information content (AvgIpc) is 3.38. The van der Waals surface area contributed by atoms with Gasteiger partial charge in [-0.25, -0.2) is 18.6 Å². The summed E-state index contributed by atoms with van der Waals surface area (Å²) in [5.74, 6) is -2.48. The van der Waals surface area contributed by atoms with Crippen LogP contribution in [0.25, 0.3) is 11.3 Å². The fraction of sp³-hybridized carbons (Fsp3) is 0.394. The van der Waals surface area contributed by atoms with Crippen molar-refractivity contribution in [3.05, 3.63) is 75.0 Å². The van der Waals surface area contributed by atoms with Gasteiger partial charge in [0.25, 0.3) is 11.5 Å². The zero-order valence-corrected chi connectivity index (χ0v) is 27.8. The van der Waals surface area contributed by atoms with Crippen LogP contribution in [0.5, 0.6) is 0 Å². The van der Waals surface area contributed by atoms with E-state index in [1.165, 1.54) is 16.8 Å². The number of carboxylic acid groups (broad SMARTS) is 1. The Bertz CT molecular complexity index is 1780. The van der Waals surface area contributed by atoms with Crippen molar-refractivity contribution in [1.29, 1.82) is 0 Å². The van der Waals surface area contributed by atoms with E-state index in [-0.39, 0.29) is 54.8 Å². The third-order valence-electron chi connectivity index (χ3n) is 7.19. The van der Waals surface area contributed by atoms with E-state index in [9.17, 15) is 28.0 Å². The predicted molar refractivity (Wildman–Crippen MR) is 180 cm³/mol. The number of nitrogens with one attached hydrogen (secondary N) is 3. The highest BCUT2D eigenvalue weighted by Crippen LogP contribution is 2.24. The molecule has 1 atom stereocenters. The minimum atomic E-state index is -2.08. The lowest BCUT2D eigenvalue weighted by Crippen LogP contribution is -2.35. The number of benzene rings is 2. The number of aromatic nitrogens is 2. The summed E-state index contributed by atoms with van der Waals surface area (Å²) in [4.78, 5) is 57.4. The number of amides is 2. The summed E-state index contributed by atoms with van der Waals surface area (Å²) >= 11 is 0. The molecule has 1 aliphatic heterocycles. The Morgan fingerprint density at radius 1 is 1.10 bits per heavy atom. The van der Waals surface area contributed by atoms with Gasteiger partial charge in [-0.15, -0.1) is 0 Å². The second-order valence-electron chi connectivity index (χ2n) is 12.2. The van der Waals surface area contributed by atoms with Crippen LogP contribution in [0.4, 0.5) is 20.3 Å². The summed E-state index contributed by atoms with van der Waals surface area (Å²) in [5, 5.41) is 16.5. The second-order valence-corrected chi connectivity index (χ2v) is 12.2. The Morgan fingerprint density at radius 2 is 1.77 bits per heavy atom. The Labute approximate surface area is 276 Å². The van der Waals surface area contributed by atoms with Crippen molar-refractivity contribution < 1.29 is 28.3 Å². The monoisotopic (exact) mass is 668 g/mol. The van der Waals surface area contributed by atoms with E-state index in [1.807, 2.05) is 27.7 Å². The smallest absolute Gasteiger partial charge is 0.340 e. The van der Waals surface area contributed by atoms with E-state index < -0.39 is 28.9 Å². The lowest BCUT2D eigenvalue weighted by atomic mass is 10.0. The minimum Gasteiger partial charge on any atom is -0.479 e. The molecule has 0 saturated carbocycles. The topological polar surface area (TPSA) is 207 Å². The summed E-state index contributed by atoms with van der Waals surface area (Å²) in [6, 6.07) is 7.69. The first-order valence-corrected chi connectivity index (χ1v) is 15.3. The minimum absolute atomic E-state index is 0.0351. The van der Waals surface area contributed by atoms with Crippen LogP contribution in [0.3, 0.4) is 0 Å². The quantitative estimate of drug-likeness (QED) is 0.165. The zero-order valence-electron chi connectivity index (χ0n) is 27.8. The molecule has 1 aliphatic rings. The van der Waals surface area contributed by atoms with Crippen LogP contribution in [0.2, 0.25) is 0 Å². The maximum absolute atomic E-state index is 14.6. The molecule has 0 saturated heterocycles. The fourth-order valence-electron chi connectivity index (χ4n) is 4.48. The number of carbonyl (C=O) groups is 3. The fourth-order valence-corrected chi connectivity index (χ4v) is 4.48. The molecule has 0 aliphatic carbocycles. The lowest BCUT2D eigenvalue weighted by molar-refractivity contribution is -0.148. The number of halogens is 2. The summed E-state index contributed by atoms with van der Waals surface area (Å²) in [7, 11) is 0. The normalized spacial score (nSPS) is 12.7. The molecule has 48 heavy (non-hydrogen) atoms. The van der Waals surface area contributed by atoms with Crippen molar-refractivity contribution in [2.24, 2.45) is 10.7 Å². The highest BCUT2D eigenvalue weighted by Gasteiger charge is 2.25. The van der Waals surface area contributed by atoms with Gasteiger partial charge in [-0.05, 0) is 76.4 Å². The molecule has 8 N–H and O–H groups in total. The van der Waals surface area contributed by atoms with Crippen molar-refractivity contribution in [2.45, 2.75) is 85.3 Å². The van der Waals surface area contributed by atoms with E-state index in [0.29, 0.717) is 33.6 Å². The number of alkyl halides is 1. The molecule has 15 heteroatoms. The predicted octanol–water partition coefficient (Wildman–Crippen LogP) is 3.33. The second kappa shape index (κ2) is 15.5. The summed E-state index contributed by atoms with van der Waals surface area (Å²) in [5.41, 5.74) is 12.1. The number of carboxylic acids is 1. The van der Waals surface area contributed by atoms with Gasteiger partial charge in [-0.2, -0.15) is 0 Å². The molecule has 258 valence electrons. The molecule has 0 fully saturated rings. The van der Waals surface area contributed by atoms with Crippen LogP contribution < -0.4 is 33.0 Å². The number of nitrogen functional groups attached to an aromatic ring is 1. The van der Waals surface area contributed by atoms with Crippen LogP contribution in [-0.4, -0.2) is 56.0 Å². The number of hydrogen-bond donors (Lipinski definition) is 6. The van der Waals surface area contributed by atoms with Crippen molar-refractivity contribution in [3.8, 4) is 11.3 Å². The number of hydrogen-bond acceptors (Lipinski definition) is 9. The Kier molecular flexibility index (Phi) is 12.0. The SMILES string of the molecule is CC(C)(F)C(=O)O.CC[C@H](C)NC(=O)c1cc(N)cc(-c2cnc(NC(C)C)c(=O)n2CC(=O)NCc2cc(F)c3c(c2)CN=C3N)c1. The molecule has 13 nitrogen and oxygen atoms in total. The van der Waals surface area contributed by atoms with Gasteiger partial charge in [0.15, 0.2) is 5.82 Å². The molecular formula is C33H42F2N8O5. The van der Waals surface area contributed by atoms with Crippen molar-refractivity contribution in [2.75, 3.05) is 11.1 Å². The molecule has 3 aromatic rings. The largest absolute Gasteiger partial charge is 0.479 e. The molecular weight excluding hydrogens is 626 g/mol. The van der Waals surface area contributed by atoms with Gasteiger partial charge in [0.1, 0.15) is 18.2 Å². The third-order valence-corrected chi connectivity index (χ3v) is 7.19. The Morgan fingerprint density at radius 3 is 2.38 bits per heavy atom. The van der Waals surface area contributed by atoms with E-state index in [2.05, 4.69) is 25.9 Å². The zero-order chi connectivity index (χ0) is 35.9. The molecule has 0 unspecified atom stereocenters. The number of anilines is 2.